The molecule has 0 bridgehead atoms. The number of nitrogens with zero attached hydrogens (tertiary/aromatic N) is 1. The smallest absolute Gasteiger partial charge is 0.258 e. The van der Waals surface area contributed by atoms with E-state index in [9.17, 15) is 9.18 Å². The van der Waals surface area contributed by atoms with Crippen LogP contribution in [-0.4, -0.2) is 35.6 Å². The predicted molar refractivity (Wildman–Crippen MR) is 81.2 cm³/mol. The van der Waals surface area contributed by atoms with Gasteiger partial charge in [-0.15, -0.1) is 0 Å². The van der Waals surface area contributed by atoms with Crippen molar-refractivity contribution >= 4 is 21.8 Å². The van der Waals surface area contributed by atoms with E-state index in [-0.39, 0.29) is 24.6 Å². The van der Waals surface area contributed by atoms with Gasteiger partial charge in [-0.05, 0) is 34.5 Å². The number of halogens is 2. The summed E-state index contributed by atoms with van der Waals surface area (Å²) in [5.74, 6) is -0.915. The Balaban J connectivity index is 2.77. The van der Waals surface area contributed by atoms with E-state index in [2.05, 4.69) is 22.9 Å². The third kappa shape index (κ3) is 4.87. The molecule has 1 rings (SSSR count). The van der Waals surface area contributed by atoms with E-state index in [0.717, 1.165) is 25.7 Å². The molecule has 0 aromatic heterocycles. The number of carbonyl (C=O) groups is 1. The Morgan fingerprint density at radius 3 is 2.65 bits per heavy atom. The lowest BCUT2D eigenvalue weighted by molar-refractivity contribution is 0.0712. The van der Waals surface area contributed by atoms with Crippen LogP contribution in [0.3, 0.4) is 0 Å². The van der Waals surface area contributed by atoms with Gasteiger partial charge in [-0.25, -0.2) is 4.39 Å². The topological polar surface area (TPSA) is 40.5 Å². The molecule has 0 saturated carbocycles. The van der Waals surface area contributed by atoms with Crippen molar-refractivity contribution in [1.29, 1.82) is 0 Å². The van der Waals surface area contributed by atoms with Crippen molar-refractivity contribution in [3.63, 3.8) is 0 Å². The summed E-state index contributed by atoms with van der Waals surface area (Å²) in [6.45, 7) is 2.77. The number of hydrogen-bond acceptors (Lipinski definition) is 2. The number of unbranched alkanes of at least 4 members (excludes halogenated alkanes) is 3. The van der Waals surface area contributed by atoms with E-state index in [1.807, 2.05) is 0 Å². The SMILES string of the molecule is CCCCCCN(CCO)C(=O)c1c(F)cccc1Br. The maximum atomic E-state index is 13.8. The first-order valence-electron chi connectivity index (χ1n) is 6.96. The Labute approximate surface area is 127 Å². The maximum Gasteiger partial charge on any atom is 0.258 e. The fourth-order valence-corrected chi connectivity index (χ4v) is 2.54. The molecule has 1 aromatic carbocycles. The Morgan fingerprint density at radius 2 is 2.05 bits per heavy atom. The van der Waals surface area contributed by atoms with E-state index in [4.69, 9.17) is 5.11 Å². The summed E-state index contributed by atoms with van der Waals surface area (Å²) >= 11 is 3.21. The van der Waals surface area contributed by atoms with Gasteiger partial charge in [0.2, 0.25) is 0 Å². The van der Waals surface area contributed by atoms with Gasteiger partial charge in [0, 0.05) is 17.6 Å². The first-order valence-corrected chi connectivity index (χ1v) is 7.75. The number of aliphatic hydroxyl groups excluding tert-OH is 1. The summed E-state index contributed by atoms with van der Waals surface area (Å²) in [7, 11) is 0. The minimum atomic E-state index is -0.541. The number of carbonyl (C=O) groups excluding carboxylic acids is 1. The van der Waals surface area contributed by atoms with Crippen LogP contribution in [0.15, 0.2) is 22.7 Å². The normalized spacial score (nSPS) is 10.6. The average Bonchev–Trinajstić information content (AvgIpc) is 2.42. The number of amides is 1. The highest BCUT2D eigenvalue weighted by molar-refractivity contribution is 9.10. The van der Waals surface area contributed by atoms with Crippen LogP contribution >= 0.6 is 15.9 Å². The third-order valence-electron chi connectivity index (χ3n) is 3.12. The van der Waals surface area contributed by atoms with Crippen LogP contribution in [0.25, 0.3) is 0 Å². The largest absolute Gasteiger partial charge is 0.395 e. The van der Waals surface area contributed by atoms with Crippen molar-refractivity contribution in [2.24, 2.45) is 0 Å². The molecule has 1 aromatic rings. The lowest BCUT2D eigenvalue weighted by Crippen LogP contribution is -2.35. The standard InChI is InChI=1S/C15H21BrFNO2/c1-2-3-4-5-9-18(10-11-19)15(20)14-12(16)7-6-8-13(14)17/h6-8,19H,2-5,9-11H2,1H3. The number of aliphatic hydroxyl groups is 1. The highest BCUT2D eigenvalue weighted by Gasteiger charge is 2.21. The predicted octanol–water partition coefficient (Wildman–Crippen LogP) is 3.60. The Bertz CT molecular complexity index is 420. The summed E-state index contributed by atoms with van der Waals surface area (Å²) in [5, 5.41) is 9.07. The van der Waals surface area contributed by atoms with Crippen molar-refractivity contribution in [3.8, 4) is 0 Å². The molecule has 0 aliphatic rings. The number of hydrogen-bond donors (Lipinski definition) is 1. The van der Waals surface area contributed by atoms with Gasteiger partial charge in [-0.1, -0.05) is 32.3 Å². The molecule has 112 valence electrons. The molecule has 1 amide bonds. The van der Waals surface area contributed by atoms with Gasteiger partial charge in [0.15, 0.2) is 0 Å². The first kappa shape index (κ1) is 17.1. The van der Waals surface area contributed by atoms with Gasteiger partial charge in [0.1, 0.15) is 5.82 Å². The van der Waals surface area contributed by atoms with Crippen molar-refractivity contribution in [1.82, 2.24) is 4.90 Å². The van der Waals surface area contributed by atoms with Gasteiger partial charge >= 0.3 is 0 Å². The molecule has 0 atom stereocenters. The van der Waals surface area contributed by atoms with E-state index < -0.39 is 5.82 Å². The van der Waals surface area contributed by atoms with Crippen LogP contribution in [0, 0.1) is 5.82 Å². The average molecular weight is 346 g/mol. The molecule has 3 nitrogen and oxygen atoms in total. The zero-order valence-electron chi connectivity index (χ0n) is 11.7. The second-order valence-corrected chi connectivity index (χ2v) is 5.53. The van der Waals surface area contributed by atoms with Crippen LogP contribution < -0.4 is 0 Å². The minimum absolute atomic E-state index is 0.0384. The fourth-order valence-electron chi connectivity index (χ4n) is 2.03. The summed E-state index contributed by atoms with van der Waals surface area (Å²) in [5.41, 5.74) is 0.0384. The molecule has 0 heterocycles. The highest BCUT2D eigenvalue weighted by Crippen LogP contribution is 2.21. The van der Waals surface area contributed by atoms with Crippen LogP contribution in [-0.2, 0) is 0 Å². The Morgan fingerprint density at radius 1 is 1.30 bits per heavy atom. The molecular weight excluding hydrogens is 325 g/mol. The molecule has 20 heavy (non-hydrogen) atoms. The van der Waals surface area contributed by atoms with Crippen LogP contribution in [0.1, 0.15) is 43.0 Å². The lowest BCUT2D eigenvalue weighted by atomic mass is 10.1. The molecular formula is C15H21BrFNO2. The van der Waals surface area contributed by atoms with Gasteiger partial charge in [-0.2, -0.15) is 0 Å². The molecule has 0 fully saturated rings. The van der Waals surface area contributed by atoms with Gasteiger partial charge < -0.3 is 10.0 Å². The van der Waals surface area contributed by atoms with Crippen molar-refractivity contribution in [2.45, 2.75) is 32.6 Å². The molecule has 0 spiro atoms. The van der Waals surface area contributed by atoms with Crippen molar-refractivity contribution < 1.29 is 14.3 Å². The van der Waals surface area contributed by atoms with Crippen LogP contribution in [0.4, 0.5) is 4.39 Å². The molecule has 1 N–H and O–H groups in total. The molecule has 0 aliphatic heterocycles. The summed E-state index contributed by atoms with van der Waals surface area (Å²) in [6, 6.07) is 4.46. The van der Waals surface area contributed by atoms with Gasteiger partial charge in [-0.3, -0.25) is 4.79 Å². The molecule has 0 aliphatic carbocycles. The quantitative estimate of drug-likeness (QED) is 0.731. The zero-order chi connectivity index (χ0) is 15.0. The Kier molecular flexibility index (Phi) is 7.77. The first-order chi connectivity index (χ1) is 9.61. The zero-order valence-corrected chi connectivity index (χ0v) is 13.3. The van der Waals surface area contributed by atoms with E-state index in [1.54, 1.807) is 12.1 Å². The molecule has 0 unspecified atom stereocenters. The third-order valence-corrected chi connectivity index (χ3v) is 3.78. The minimum Gasteiger partial charge on any atom is -0.395 e. The Hall–Kier alpha value is -0.940. The number of rotatable bonds is 8. The summed E-state index contributed by atoms with van der Waals surface area (Å²) < 4.78 is 14.2. The van der Waals surface area contributed by atoms with Crippen molar-refractivity contribution in [2.75, 3.05) is 19.7 Å². The van der Waals surface area contributed by atoms with Crippen molar-refractivity contribution in [3.05, 3.63) is 34.1 Å². The van der Waals surface area contributed by atoms with E-state index in [1.165, 1.54) is 11.0 Å². The van der Waals surface area contributed by atoms with Crippen LogP contribution in [0.2, 0.25) is 0 Å². The lowest BCUT2D eigenvalue weighted by Gasteiger charge is -2.22. The van der Waals surface area contributed by atoms with E-state index >= 15 is 0 Å². The highest BCUT2D eigenvalue weighted by atomic mass is 79.9. The maximum absolute atomic E-state index is 13.8. The molecule has 0 radical (unpaired) electrons. The van der Waals surface area contributed by atoms with E-state index in [0.29, 0.717) is 11.0 Å². The fraction of sp³-hybridized carbons (Fsp3) is 0.533. The summed E-state index contributed by atoms with van der Waals surface area (Å²) in [6.07, 6.45) is 4.13. The number of benzene rings is 1. The van der Waals surface area contributed by atoms with Gasteiger partial charge in [0.05, 0.1) is 12.2 Å². The second kappa shape index (κ2) is 9.08. The summed E-state index contributed by atoms with van der Waals surface area (Å²) in [4.78, 5) is 13.9. The monoisotopic (exact) mass is 345 g/mol. The van der Waals surface area contributed by atoms with Gasteiger partial charge in [0.25, 0.3) is 5.91 Å². The second-order valence-electron chi connectivity index (χ2n) is 4.67. The molecule has 5 heteroatoms. The van der Waals surface area contributed by atoms with Crippen LogP contribution in [0.5, 0.6) is 0 Å². The molecule has 0 saturated heterocycles.